The molecule has 1 heterocycles. The highest BCUT2D eigenvalue weighted by Gasteiger charge is 2.22. The molecule has 0 spiro atoms. The van der Waals surface area contributed by atoms with Crippen molar-refractivity contribution in [3.05, 3.63) is 23.9 Å². The lowest BCUT2D eigenvalue weighted by molar-refractivity contribution is 0.0914. The minimum absolute atomic E-state index is 0.0389. The van der Waals surface area contributed by atoms with E-state index in [1.54, 1.807) is 18.3 Å². The number of carbonyl (C=O) groups is 1. The number of carbonyl (C=O) groups excluding carboxylic acids is 1. The van der Waals surface area contributed by atoms with Gasteiger partial charge in [-0.3, -0.25) is 4.79 Å². The van der Waals surface area contributed by atoms with Gasteiger partial charge >= 0.3 is 0 Å². The van der Waals surface area contributed by atoms with Gasteiger partial charge in [0.05, 0.1) is 0 Å². The molecule has 1 aromatic heterocycles. The van der Waals surface area contributed by atoms with E-state index in [-0.39, 0.29) is 18.6 Å². The fourth-order valence-corrected chi connectivity index (χ4v) is 2.56. The van der Waals surface area contributed by atoms with Crippen molar-refractivity contribution in [2.75, 3.05) is 25.6 Å². The number of aliphatic hydroxyl groups excluding tert-OH is 1. The van der Waals surface area contributed by atoms with E-state index in [0.717, 1.165) is 31.5 Å². The molecule has 5 nitrogen and oxygen atoms in total. The third-order valence-corrected chi connectivity index (χ3v) is 3.91. The van der Waals surface area contributed by atoms with Crippen molar-refractivity contribution in [3.63, 3.8) is 0 Å². The number of aliphatic hydroxyl groups is 1. The molecule has 1 aromatic rings. The Kier molecular flexibility index (Phi) is 4.95. The van der Waals surface area contributed by atoms with Crippen molar-refractivity contribution in [1.82, 2.24) is 10.3 Å². The summed E-state index contributed by atoms with van der Waals surface area (Å²) < 4.78 is 0. The molecule has 0 bridgehead atoms. The molecule has 1 saturated carbocycles. The van der Waals surface area contributed by atoms with Crippen molar-refractivity contribution in [2.45, 2.75) is 31.7 Å². The highest BCUT2D eigenvalue weighted by atomic mass is 16.3. The summed E-state index contributed by atoms with van der Waals surface area (Å²) in [4.78, 5) is 18.3. The van der Waals surface area contributed by atoms with Gasteiger partial charge in [0.2, 0.25) is 0 Å². The molecule has 1 aliphatic carbocycles. The molecule has 1 aliphatic rings. The Hall–Kier alpha value is -1.62. The van der Waals surface area contributed by atoms with E-state index >= 15 is 0 Å². The third-order valence-electron chi connectivity index (χ3n) is 3.91. The number of hydrogen-bond donors (Lipinski definition) is 2. The van der Waals surface area contributed by atoms with Gasteiger partial charge in [-0.15, -0.1) is 0 Å². The molecule has 0 unspecified atom stereocenters. The van der Waals surface area contributed by atoms with Crippen molar-refractivity contribution in [2.24, 2.45) is 5.92 Å². The van der Waals surface area contributed by atoms with Gasteiger partial charge in [0, 0.05) is 38.5 Å². The topological polar surface area (TPSA) is 65.5 Å². The van der Waals surface area contributed by atoms with Crippen LogP contribution in [0.2, 0.25) is 0 Å². The average Bonchev–Trinajstić information content (AvgIpc) is 2.48. The van der Waals surface area contributed by atoms with Gasteiger partial charge in [-0.2, -0.15) is 0 Å². The lowest BCUT2D eigenvalue weighted by atomic mass is 9.86. The van der Waals surface area contributed by atoms with Crippen LogP contribution < -0.4 is 10.2 Å². The lowest BCUT2D eigenvalue weighted by Gasteiger charge is -2.28. The first kappa shape index (κ1) is 14.8. The van der Waals surface area contributed by atoms with Gasteiger partial charge in [0.1, 0.15) is 5.82 Å². The Bertz CT molecular complexity index is 454. The molecule has 0 radical (unpaired) electrons. The SMILES string of the molecule is CN(C)c1cc(C(=O)NC2CCC(CO)CC2)ccn1. The fourth-order valence-electron chi connectivity index (χ4n) is 2.56. The van der Waals surface area contributed by atoms with E-state index < -0.39 is 0 Å². The van der Waals surface area contributed by atoms with E-state index in [1.165, 1.54) is 0 Å². The molecule has 1 amide bonds. The van der Waals surface area contributed by atoms with Crippen molar-refractivity contribution in [1.29, 1.82) is 0 Å². The molecule has 0 atom stereocenters. The Morgan fingerprint density at radius 1 is 1.40 bits per heavy atom. The summed E-state index contributed by atoms with van der Waals surface area (Å²) >= 11 is 0. The zero-order valence-electron chi connectivity index (χ0n) is 12.2. The van der Waals surface area contributed by atoms with Crippen LogP contribution in [0, 0.1) is 5.92 Å². The predicted molar refractivity (Wildman–Crippen MR) is 78.9 cm³/mol. The largest absolute Gasteiger partial charge is 0.396 e. The number of amides is 1. The van der Waals surface area contributed by atoms with Crippen LogP contribution >= 0.6 is 0 Å². The summed E-state index contributed by atoms with van der Waals surface area (Å²) in [6.07, 6.45) is 5.53. The monoisotopic (exact) mass is 277 g/mol. The molecule has 5 heteroatoms. The summed E-state index contributed by atoms with van der Waals surface area (Å²) in [5.41, 5.74) is 0.646. The second-order valence-electron chi connectivity index (χ2n) is 5.67. The summed E-state index contributed by atoms with van der Waals surface area (Å²) in [7, 11) is 3.81. The Balaban J connectivity index is 1.93. The standard InChI is InChI=1S/C15H23N3O2/c1-18(2)14-9-12(7-8-16-14)15(20)17-13-5-3-11(10-19)4-6-13/h7-9,11,13,19H,3-6,10H2,1-2H3,(H,17,20). The second-order valence-corrected chi connectivity index (χ2v) is 5.67. The minimum atomic E-state index is -0.0389. The van der Waals surface area contributed by atoms with E-state index in [4.69, 9.17) is 5.11 Å². The molecule has 20 heavy (non-hydrogen) atoms. The van der Waals surface area contributed by atoms with Crippen LogP contribution in [0.1, 0.15) is 36.0 Å². The highest BCUT2D eigenvalue weighted by molar-refractivity contribution is 5.95. The molecule has 0 aromatic carbocycles. The number of hydrogen-bond acceptors (Lipinski definition) is 4. The Labute approximate surface area is 120 Å². The van der Waals surface area contributed by atoms with Crippen LogP contribution in [0.4, 0.5) is 5.82 Å². The van der Waals surface area contributed by atoms with Crippen molar-refractivity contribution in [3.8, 4) is 0 Å². The maximum absolute atomic E-state index is 12.2. The number of aromatic nitrogens is 1. The van der Waals surface area contributed by atoms with Crippen LogP contribution in [0.15, 0.2) is 18.3 Å². The van der Waals surface area contributed by atoms with E-state index in [9.17, 15) is 4.79 Å². The number of rotatable bonds is 4. The third kappa shape index (κ3) is 3.70. The van der Waals surface area contributed by atoms with Crippen LogP contribution in [-0.2, 0) is 0 Å². The maximum Gasteiger partial charge on any atom is 0.251 e. The summed E-state index contributed by atoms with van der Waals surface area (Å²) in [6, 6.07) is 3.76. The number of anilines is 1. The van der Waals surface area contributed by atoms with Crippen LogP contribution in [0.5, 0.6) is 0 Å². The highest BCUT2D eigenvalue weighted by Crippen LogP contribution is 2.24. The first-order valence-corrected chi connectivity index (χ1v) is 7.15. The fraction of sp³-hybridized carbons (Fsp3) is 0.600. The van der Waals surface area contributed by atoms with Gasteiger partial charge in [-0.25, -0.2) is 4.98 Å². The zero-order valence-corrected chi connectivity index (χ0v) is 12.2. The molecular formula is C15H23N3O2. The number of pyridine rings is 1. The molecule has 110 valence electrons. The summed E-state index contributed by atoms with van der Waals surface area (Å²) in [6.45, 7) is 0.261. The molecule has 2 rings (SSSR count). The van der Waals surface area contributed by atoms with Gasteiger partial charge in [-0.05, 0) is 43.7 Å². The molecule has 0 saturated heterocycles. The van der Waals surface area contributed by atoms with E-state index in [2.05, 4.69) is 10.3 Å². The summed E-state index contributed by atoms with van der Waals surface area (Å²) in [5.74, 6) is 1.15. The van der Waals surface area contributed by atoms with E-state index in [0.29, 0.717) is 11.5 Å². The first-order valence-electron chi connectivity index (χ1n) is 7.15. The quantitative estimate of drug-likeness (QED) is 0.874. The normalized spacial score (nSPS) is 22.4. The van der Waals surface area contributed by atoms with Gasteiger partial charge in [0.25, 0.3) is 5.91 Å². The first-order chi connectivity index (χ1) is 9.60. The zero-order chi connectivity index (χ0) is 14.5. The molecule has 2 N–H and O–H groups in total. The van der Waals surface area contributed by atoms with Crippen molar-refractivity contribution < 1.29 is 9.90 Å². The van der Waals surface area contributed by atoms with Gasteiger partial charge in [-0.1, -0.05) is 0 Å². The molecule has 0 aliphatic heterocycles. The van der Waals surface area contributed by atoms with Gasteiger partial charge < -0.3 is 15.3 Å². The number of nitrogens with one attached hydrogen (secondary N) is 1. The Morgan fingerprint density at radius 3 is 2.70 bits per heavy atom. The maximum atomic E-state index is 12.2. The van der Waals surface area contributed by atoms with Gasteiger partial charge in [0.15, 0.2) is 0 Å². The number of nitrogens with zero attached hydrogens (tertiary/aromatic N) is 2. The molecule has 1 fully saturated rings. The predicted octanol–water partition coefficient (Wildman–Crippen LogP) is 1.43. The van der Waals surface area contributed by atoms with E-state index in [1.807, 2.05) is 19.0 Å². The van der Waals surface area contributed by atoms with Crippen LogP contribution in [0.25, 0.3) is 0 Å². The summed E-state index contributed by atoms with van der Waals surface area (Å²) in [5, 5.41) is 12.2. The van der Waals surface area contributed by atoms with Crippen LogP contribution in [0.3, 0.4) is 0 Å². The Morgan fingerprint density at radius 2 is 2.10 bits per heavy atom. The average molecular weight is 277 g/mol. The van der Waals surface area contributed by atoms with Crippen LogP contribution in [-0.4, -0.2) is 42.7 Å². The molecular weight excluding hydrogens is 254 g/mol. The smallest absolute Gasteiger partial charge is 0.251 e. The lowest BCUT2D eigenvalue weighted by Crippen LogP contribution is -2.38. The second kappa shape index (κ2) is 6.70. The van der Waals surface area contributed by atoms with Crippen molar-refractivity contribution >= 4 is 11.7 Å². The minimum Gasteiger partial charge on any atom is -0.396 e.